The maximum absolute atomic E-state index is 12.6. The summed E-state index contributed by atoms with van der Waals surface area (Å²) >= 11 is 0. The number of hydrogen-bond donors (Lipinski definition) is 2. The van der Waals surface area contributed by atoms with Gasteiger partial charge in [0.2, 0.25) is 21.8 Å². The van der Waals surface area contributed by atoms with Gasteiger partial charge < -0.3 is 10.2 Å². The fourth-order valence-electron chi connectivity index (χ4n) is 3.41. The maximum Gasteiger partial charge on any atom is 0.238 e. The van der Waals surface area contributed by atoms with Crippen LogP contribution in [0.3, 0.4) is 0 Å². The number of rotatable bonds is 9. The minimum atomic E-state index is -3.74. The fraction of sp³-hybridized carbons (Fsp3) is 0.600. The molecule has 1 atom stereocenters. The number of likely N-dealkylation sites (tertiary alicyclic amines) is 1. The van der Waals surface area contributed by atoms with Gasteiger partial charge in [-0.3, -0.25) is 9.59 Å². The summed E-state index contributed by atoms with van der Waals surface area (Å²) < 4.78 is 22.6. The molecule has 1 unspecified atom stereocenters. The topological polar surface area (TPSA) is 110 Å². The summed E-state index contributed by atoms with van der Waals surface area (Å²) in [6, 6.07) is 6.01. The number of nitrogens with one attached hydrogen (secondary N) is 1. The van der Waals surface area contributed by atoms with Gasteiger partial charge in [-0.25, -0.2) is 13.6 Å². The van der Waals surface area contributed by atoms with Gasteiger partial charge in [0, 0.05) is 19.6 Å². The van der Waals surface area contributed by atoms with E-state index in [0.29, 0.717) is 19.6 Å². The van der Waals surface area contributed by atoms with Crippen molar-refractivity contribution in [3.8, 4) is 0 Å². The van der Waals surface area contributed by atoms with E-state index >= 15 is 0 Å². The summed E-state index contributed by atoms with van der Waals surface area (Å²) in [6.07, 6.45) is 6.24. The summed E-state index contributed by atoms with van der Waals surface area (Å²) in [5, 5.41) is 8.08. The first-order valence-corrected chi connectivity index (χ1v) is 11.5. The molecular formula is C20H31N3O4S. The number of carbonyl (C=O) groups excluding carboxylic acids is 2. The number of unbranched alkanes of at least 4 members (excludes halogenated alkanes) is 3. The maximum atomic E-state index is 12.6. The number of nitrogens with zero attached hydrogens (tertiary/aromatic N) is 1. The first kappa shape index (κ1) is 22.4. The van der Waals surface area contributed by atoms with Gasteiger partial charge in [-0.2, -0.15) is 0 Å². The minimum absolute atomic E-state index is 0.0253. The van der Waals surface area contributed by atoms with Crippen molar-refractivity contribution < 1.29 is 18.0 Å². The lowest BCUT2D eigenvalue weighted by molar-refractivity contribution is -0.135. The van der Waals surface area contributed by atoms with Gasteiger partial charge in [-0.05, 0) is 37.0 Å². The predicted octanol–water partition coefficient (Wildman–Crippen LogP) is 1.81. The molecule has 1 aliphatic rings. The van der Waals surface area contributed by atoms with E-state index in [1.165, 1.54) is 25.0 Å². The first-order valence-electron chi connectivity index (χ1n) is 9.98. The van der Waals surface area contributed by atoms with Crippen LogP contribution >= 0.6 is 0 Å². The van der Waals surface area contributed by atoms with Crippen molar-refractivity contribution >= 4 is 21.8 Å². The van der Waals surface area contributed by atoms with Gasteiger partial charge in [0.1, 0.15) is 0 Å². The lowest BCUT2D eigenvalue weighted by atomic mass is 9.96. The van der Waals surface area contributed by atoms with Crippen molar-refractivity contribution in [2.24, 2.45) is 11.1 Å². The molecule has 8 heteroatoms. The average Bonchev–Trinajstić information content (AvgIpc) is 2.67. The molecule has 1 saturated heterocycles. The highest BCUT2D eigenvalue weighted by Crippen LogP contribution is 2.18. The molecule has 3 N–H and O–H groups in total. The molecule has 1 aliphatic heterocycles. The van der Waals surface area contributed by atoms with Crippen molar-refractivity contribution in [1.29, 1.82) is 0 Å². The number of hydrogen-bond acceptors (Lipinski definition) is 4. The van der Waals surface area contributed by atoms with Crippen molar-refractivity contribution in [2.75, 3.05) is 19.6 Å². The van der Waals surface area contributed by atoms with Crippen LogP contribution in [0.5, 0.6) is 0 Å². The molecule has 156 valence electrons. The second-order valence-corrected chi connectivity index (χ2v) is 8.96. The summed E-state index contributed by atoms with van der Waals surface area (Å²) in [5.41, 5.74) is 0.722. The summed E-state index contributed by atoms with van der Waals surface area (Å²) in [7, 11) is -3.74. The zero-order valence-electron chi connectivity index (χ0n) is 16.5. The van der Waals surface area contributed by atoms with E-state index in [4.69, 9.17) is 5.14 Å². The van der Waals surface area contributed by atoms with Gasteiger partial charge in [0.05, 0.1) is 17.2 Å². The molecular weight excluding hydrogens is 378 g/mol. The highest BCUT2D eigenvalue weighted by Gasteiger charge is 2.28. The number of sulfonamides is 1. The Kier molecular flexibility index (Phi) is 8.44. The van der Waals surface area contributed by atoms with E-state index in [0.717, 1.165) is 31.2 Å². The Morgan fingerprint density at radius 3 is 2.54 bits per heavy atom. The molecule has 0 spiro atoms. The van der Waals surface area contributed by atoms with Gasteiger partial charge in [0.25, 0.3) is 0 Å². The molecule has 1 aromatic rings. The number of carbonyl (C=O) groups is 2. The van der Waals surface area contributed by atoms with Gasteiger partial charge in [-0.15, -0.1) is 0 Å². The molecule has 1 fully saturated rings. The quantitative estimate of drug-likeness (QED) is 0.606. The predicted molar refractivity (Wildman–Crippen MR) is 108 cm³/mol. The van der Waals surface area contributed by atoms with Gasteiger partial charge in [-0.1, -0.05) is 38.3 Å². The van der Waals surface area contributed by atoms with Crippen molar-refractivity contribution in [2.45, 2.75) is 56.8 Å². The monoisotopic (exact) mass is 409 g/mol. The highest BCUT2D eigenvalue weighted by molar-refractivity contribution is 7.89. The Labute approximate surface area is 167 Å². The highest BCUT2D eigenvalue weighted by atomic mass is 32.2. The van der Waals surface area contributed by atoms with E-state index < -0.39 is 10.0 Å². The molecule has 0 aliphatic carbocycles. The average molecular weight is 410 g/mol. The Bertz CT molecular complexity index is 762. The molecule has 0 bridgehead atoms. The molecule has 0 saturated carbocycles. The molecule has 1 heterocycles. The number of piperidine rings is 1. The van der Waals surface area contributed by atoms with Crippen LogP contribution in [0.2, 0.25) is 0 Å². The Hall–Kier alpha value is -1.93. The van der Waals surface area contributed by atoms with Crippen LogP contribution in [0, 0.1) is 5.92 Å². The van der Waals surface area contributed by atoms with Crippen LogP contribution < -0.4 is 10.5 Å². The second kappa shape index (κ2) is 10.6. The number of nitrogens with two attached hydrogens (primary N) is 1. The zero-order valence-corrected chi connectivity index (χ0v) is 17.3. The number of amides is 2. The third kappa shape index (κ3) is 6.91. The smallest absolute Gasteiger partial charge is 0.238 e. The van der Waals surface area contributed by atoms with Crippen LogP contribution in [0.15, 0.2) is 29.2 Å². The molecule has 7 nitrogen and oxygen atoms in total. The Morgan fingerprint density at radius 1 is 1.18 bits per heavy atom. The first-order chi connectivity index (χ1) is 13.3. The fourth-order valence-corrected chi connectivity index (χ4v) is 3.92. The van der Waals surface area contributed by atoms with Crippen LogP contribution in [0.1, 0.15) is 51.0 Å². The van der Waals surface area contributed by atoms with E-state index in [2.05, 4.69) is 12.2 Å². The van der Waals surface area contributed by atoms with E-state index in [9.17, 15) is 18.0 Å². The normalized spacial score (nSPS) is 17.4. The van der Waals surface area contributed by atoms with Gasteiger partial charge >= 0.3 is 0 Å². The Morgan fingerprint density at radius 2 is 1.89 bits per heavy atom. The van der Waals surface area contributed by atoms with Gasteiger partial charge in [0.15, 0.2) is 0 Å². The van der Waals surface area contributed by atoms with Crippen molar-refractivity contribution in [1.82, 2.24) is 10.2 Å². The summed E-state index contributed by atoms with van der Waals surface area (Å²) in [6.45, 7) is 3.93. The molecule has 2 amide bonds. The van der Waals surface area contributed by atoms with Crippen molar-refractivity contribution in [3.05, 3.63) is 29.8 Å². The van der Waals surface area contributed by atoms with E-state index in [1.54, 1.807) is 17.0 Å². The minimum Gasteiger partial charge on any atom is -0.356 e. The zero-order chi connectivity index (χ0) is 20.6. The third-order valence-electron chi connectivity index (χ3n) is 5.08. The third-order valence-corrected chi connectivity index (χ3v) is 6.01. The van der Waals surface area contributed by atoms with Crippen LogP contribution in [-0.4, -0.2) is 44.8 Å². The molecule has 0 aromatic heterocycles. The molecule has 1 aromatic carbocycles. The number of benzene rings is 1. The molecule has 0 radical (unpaired) electrons. The van der Waals surface area contributed by atoms with Crippen LogP contribution in [0.25, 0.3) is 0 Å². The SMILES string of the molecule is CCCCCCNC(=O)C1CCCN(C(=O)Cc2ccc(S(N)(=O)=O)cc2)C1. The Balaban J connectivity index is 1.84. The van der Waals surface area contributed by atoms with E-state index in [-0.39, 0.29) is 29.0 Å². The summed E-state index contributed by atoms with van der Waals surface area (Å²) in [5.74, 6) is -0.177. The molecule has 2 rings (SSSR count). The van der Waals surface area contributed by atoms with Crippen LogP contribution in [-0.2, 0) is 26.0 Å². The van der Waals surface area contributed by atoms with Crippen molar-refractivity contribution in [3.63, 3.8) is 0 Å². The second-order valence-electron chi connectivity index (χ2n) is 7.40. The largest absolute Gasteiger partial charge is 0.356 e. The standard InChI is InChI=1S/C20H31N3O4S/c1-2-3-4-5-12-22-20(25)17-7-6-13-23(15-17)19(24)14-16-8-10-18(11-9-16)28(21,26)27/h8-11,17H,2-7,12-15H2,1H3,(H,22,25)(H2,21,26,27). The lowest BCUT2D eigenvalue weighted by Gasteiger charge is -2.32. The van der Waals surface area contributed by atoms with Crippen LogP contribution in [0.4, 0.5) is 0 Å². The molecule has 28 heavy (non-hydrogen) atoms. The number of primary sulfonamides is 1. The lowest BCUT2D eigenvalue weighted by Crippen LogP contribution is -2.46. The summed E-state index contributed by atoms with van der Waals surface area (Å²) in [4.78, 5) is 26.7. The van der Waals surface area contributed by atoms with E-state index in [1.807, 2.05) is 0 Å².